The molecule has 29 heteroatoms. The van der Waals surface area contributed by atoms with Crippen molar-refractivity contribution in [1.82, 2.24) is 40.9 Å². The van der Waals surface area contributed by atoms with Gasteiger partial charge in [-0.05, 0) is 104 Å². The number of nitrogens with two attached hydrogens (primary N) is 2. The van der Waals surface area contributed by atoms with Crippen molar-refractivity contribution in [2.75, 3.05) is 72.6 Å². The van der Waals surface area contributed by atoms with Crippen molar-refractivity contribution in [1.29, 1.82) is 0 Å². The van der Waals surface area contributed by atoms with Gasteiger partial charge in [0.2, 0.25) is 29.5 Å². The summed E-state index contributed by atoms with van der Waals surface area (Å²) in [6.45, 7) is 11.4. The number of carbonyl (C=O) groups excluding carboxylic acids is 7. The van der Waals surface area contributed by atoms with E-state index in [4.69, 9.17) is 30.7 Å². The summed E-state index contributed by atoms with van der Waals surface area (Å²) in [5.41, 5.74) is 17.1. The number of aryl methyl sites for hydroxylation is 1. The van der Waals surface area contributed by atoms with Crippen molar-refractivity contribution in [2.24, 2.45) is 17.4 Å². The van der Waals surface area contributed by atoms with E-state index in [-0.39, 0.29) is 61.8 Å². The van der Waals surface area contributed by atoms with Gasteiger partial charge in [-0.15, -0.1) is 10.2 Å². The molecule has 5 atom stereocenters. The van der Waals surface area contributed by atoms with E-state index in [0.717, 1.165) is 48.6 Å². The summed E-state index contributed by atoms with van der Waals surface area (Å²) >= 11 is 0. The molecule has 0 saturated carbocycles. The maximum atomic E-state index is 14.5. The maximum Gasteiger partial charge on any atom is 0.472 e. The number of rotatable bonds is 23. The number of ether oxygens (including phenoxy) is 3. The van der Waals surface area contributed by atoms with Gasteiger partial charge in [-0.3, -0.25) is 39.1 Å². The predicted octanol–water partition coefficient (Wildman–Crippen LogP) is 4.19. The molecular formula is C61H75N14O14P. The summed E-state index contributed by atoms with van der Waals surface area (Å²) < 4.78 is 34.5. The van der Waals surface area contributed by atoms with Crippen molar-refractivity contribution >= 4 is 72.4 Å². The van der Waals surface area contributed by atoms with Gasteiger partial charge in [-0.1, -0.05) is 51.1 Å². The number of aromatic nitrogens is 3. The van der Waals surface area contributed by atoms with Gasteiger partial charge in [0.05, 0.1) is 36.1 Å². The molecule has 0 radical (unpaired) electrons. The number of phosphoric ester groups is 1. The SMILES string of the molecule is CC[C@@]12C[C@@H](Oc3ncc(CN4CCN(c5ccc6c(c5)C(=O)N([C@H]5CCC(=O)NC5=O)C6)CC4)cc3C)CN1c1cc(-c3ccccc3OCOP(=O)(O)O)nnc1N(C(=O)OCc1ccc(NC(=O)[C@H](CCCNC(N)=O)NC(=O)[C@@H](N)C(C)C)cc1)C2. The van der Waals surface area contributed by atoms with E-state index in [1.165, 1.54) is 4.90 Å². The molecule has 0 unspecified atom stereocenters. The third-order valence-corrected chi connectivity index (χ3v) is 17.5. The molecule has 0 bridgehead atoms. The second-order valence-electron chi connectivity index (χ2n) is 23.5. The molecule has 7 heterocycles. The Bertz CT molecular complexity index is 3590. The molecule has 90 heavy (non-hydrogen) atoms. The van der Waals surface area contributed by atoms with Gasteiger partial charge in [0.25, 0.3) is 5.91 Å². The van der Waals surface area contributed by atoms with Gasteiger partial charge in [0.1, 0.15) is 30.5 Å². The molecule has 0 aliphatic carbocycles. The number of hydrogen-bond acceptors (Lipinski definition) is 19. The van der Waals surface area contributed by atoms with E-state index in [9.17, 15) is 47.9 Å². The molecule has 10 N–H and O–H groups in total. The van der Waals surface area contributed by atoms with Gasteiger partial charge in [0.15, 0.2) is 12.6 Å². The van der Waals surface area contributed by atoms with Gasteiger partial charge in [-0.2, -0.15) is 0 Å². The number of primary amides is 1. The number of phosphoric acid groups is 1. The molecule has 28 nitrogen and oxygen atoms in total. The Kier molecular flexibility index (Phi) is 19.6. The van der Waals surface area contributed by atoms with E-state index >= 15 is 0 Å². The molecule has 3 fully saturated rings. The summed E-state index contributed by atoms with van der Waals surface area (Å²) in [5, 5.41) is 19.5. The largest absolute Gasteiger partial charge is 0.472 e. The lowest BCUT2D eigenvalue weighted by Crippen LogP contribution is -2.57. The van der Waals surface area contributed by atoms with Crippen molar-refractivity contribution in [3.05, 3.63) is 113 Å². The molecular weight excluding hydrogens is 1180 g/mol. The Morgan fingerprint density at radius 1 is 0.933 bits per heavy atom. The van der Waals surface area contributed by atoms with Gasteiger partial charge in [0, 0.05) is 92.9 Å². The summed E-state index contributed by atoms with van der Waals surface area (Å²) in [5.74, 6) is -1.25. The van der Waals surface area contributed by atoms with Gasteiger partial charge < -0.3 is 66.1 Å². The lowest BCUT2D eigenvalue weighted by molar-refractivity contribution is -0.137. The van der Waals surface area contributed by atoms with Crippen LogP contribution in [0.1, 0.15) is 91.9 Å². The maximum absolute atomic E-state index is 14.5. The zero-order chi connectivity index (χ0) is 64.0. The first-order valence-corrected chi connectivity index (χ1v) is 31.5. The second kappa shape index (κ2) is 27.5. The number of nitrogens with zero attached hydrogens (tertiary/aromatic N) is 8. The fraction of sp³-hybridized carbons (Fsp3) is 0.443. The average Bonchev–Trinajstić information content (AvgIpc) is 1.48. The number of imide groups is 1. The molecule has 478 valence electrons. The number of pyridine rings is 1. The minimum atomic E-state index is -4.85. The summed E-state index contributed by atoms with van der Waals surface area (Å²) in [6.07, 6.45) is 2.78. The van der Waals surface area contributed by atoms with E-state index in [1.54, 1.807) is 73.3 Å². The number of para-hydroxylation sites is 1. The number of anilines is 4. The number of fused-ring (bicyclic) bond motifs is 4. The predicted molar refractivity (Wildman–Crippen MR) is 329 cm³/mol. The van der Waals surface area contributed by atoms with Crippen LogP contribution < -0.4 is 56.9 Å². The van der Waals surface area contributed by atoms with Crippen LogP contribution in [0.5, 0.6) is 11.6 Å². The second-order valence-corrected chi connectivity index (χ2v) is 24.7. The highest BCUT2D eigenvalue weighted by Crippen LogP contribution is 2.48. The van der Waals surface area contributed by atoms with Crippen LogP contribution in [0.15, 0.2) is 85.1 Å². The highest BCUT2D eigenvalue weighted by Gasteiger charge is 2.53. The first-order valence-electron chi connectivity index (χ1n) is 29.9. The van der Waals surface area contributed by atoms with Crippen molar-refractivity contribution in [2.45, 2.75) is 116 Å². The Morgan fingerprint density at radius 2 is 1.70 bits per heavy atom. The summed E-state index contributed by atoms with van der Waals surface area (Å²) in [7, 11) is -4.85. The molecule has 2 aromatic heterocycles. The van der Waals surface area contributed by atoms with Crippen LogP contribution in [-0.2, 0) is 52.7 Å². The Hall–Kier alpha value is -8.79. The van der Waals surface area contributed by atoms with Gasteiger partial charge in [-0.25, -0.2) is 23.7 Å². The molecule has 5 aromatic rings. The van der Waals surface area contributed by atoms with Crippen molar-refractivity contribution in [3.8, 4) is 22.9 Å². The molecule has 3 saturated heterocycles. The van der Waals surface area contributed by atoms with Crippen LogP contribution in [0.3, 0.4) is 0 Å². The zero-order valence-electron chi connectivity index (χ0n) is 50.5. The van der Waals surface area contributed by atoms with Crippen LogP contribution >= 0.6 is 7.82 Å². The number of amides is 8. The lowest BCUT2D eigenvalue weighted by atomic mass is 9.89. The van der Waals surface area contributed by atoms with Crippen LogP contribution in [-0.4, -0.2) is 159 Å². The minimum Gasteiger partial charge on any atom is -0.472 e. The monoisotopic (exact) mass is 1260 g/mol. The number of carbonyl (C=O) groups is 7. The third-order valence-electron chi connectivity index (χ3n) is 17.0. The molecule has 8 amide bonds. The molecule has 5 aliphatic heterocycles. The lowest BCUT2D eigenvalue weighted by Gasteiger charge is -2.46. The number of piperidine rings is 1. The highest BCUT2D eigenvalue weighted by molar-refractivity contribution is 7.46. The van der Waals surface area contributed by atoms with Crippen molar-refractivity contribution in [3.63, 3.8) is 0 Å². The number of benzene rings is 3. The summed E-state index contributed by atoms with van der Waals surface area (Å²) in [4.78, 5) is 123. The van der Waals surface area contributed by atoms with Crippen LogP contribution in [0.4, 0.5) is 32.5 Å². The number of hydrogen-bond donors (Lipinski definition) is 8. The minimum absolute atomic E-state index is 0.151. The number of piperazine rings is 1. The van der Waals surface area contributed by atoms with E-state index in [1.807, 2.05) is 38.2 Å². The molecule has 0 spiro atoms. The third kappa shape index (κ3) is 14.9. The standard InChI is InChI=1S/C61H75N14O14P/c1-5-61-28-43(89-57-37(4)25-39(29-65-57)30-71-21-23-72(24-22-71)42-17-14-40-31-73(58(80)45(40)26-42)48-18-19-51(76)68-55(48)78)32-75(61)49-27-47(44-9-6-7-11-50(44)87-35-88-90(83,84)85)69-70-53(49)74(34-61)60(82)86-33-38-12-15-41(16-13-38)66-54(77)46(10-8-20-64-59(63)81)67-56(79)52(62)36(2)3/h6-7,9,11-17,25-27,29,36,43,46,48,52H,5,8,10,18-24,28,30-35,62H2,1-4H3,(H,66,77)(H,67,79)(H3,63,64,81)(H,68,76,78)(H2,83,84,85)/t43-,46+,48+,52+,61+/m1/s1. The van der Waals surface area contributed by atoms with Gasteiger partial charge >= 0.3 is 19.9 Å². The average molecular weight is 1260 g/mol. The van der Waals surface area contributed by atoms with E-state index < -0.39 is 74.2 Å². The molecule has 10 rings (SSSR count). The summed E-state index contributed by atoms with van der Waals surface area (Å²) in [6, 6.07) is 19.9. The topological polar surface area (TPSA) is 369 Å². The van der Waals surface area contributed by atoms with Crippen LogP contribution in [0.25, 0.3) is 11.3 Å². The number of urea groups is 1. The first kappa shape index (κ1) is 64.2. The smallest absolute Gasteiger partial charge is 0.472 e. The van der Waals surface area contributed by atoms with Crippen molar-refractivity contribution < 1.29 is 66.6 Å². The van der Waals surface area contributed by atoms with Crippen LogP contribution in [0.2, 0.25) is 0 Å². The Balaban J connectivity index is 0.805. The first-order chi connectivity index (χ1) is 43.0. The number of nitrogens with one attached hydrogen (secondary N) is 4. The Labute approximate surface area is 519 Å². The molecule has 5 aliphatic rings. The normalized spacial score (nSPS) is 19.8. The Morgan fingerprint density at radius 3 is 2.41 bits per heavy atom. The quantitative estimate of drug-likeness (QED) is 0.0197. The van der Waals surface area contributed by atoms with E-state index in [0.29, 0.717) is 85.0 Å². The molecule has 3 aromatic carbocycles. The van der Waals surface area contributed by atoms with Crippen LogP contribution in [0, 0.1) is 12.8 Å². The fourth-order valence-electron chi connectivity index (χ4n) is 12.1. The van der Waals surface area contributed by atoms with E-state index in [2.05, 4.69) is 56.8 Å². The zero-order valence-corrected chi connectivity index (χ0v) is 51.4. The highest BCUT2D eigenvalue weighted by atomic mass is 31.2. The fourth-order valence-corrected chi connectivity index (χ4v) is 12.2.